The Kier molecular flexibility index (Phi) is 10.6. The summed E-state index contributed by atoms with van der Waals surface area (Å²) in [6.07, 6.45) is 8.90. The van der Waals surface area contributed by atoms with E-state index in [2.05, 4.69) is 4.90 Å². The lowest BCUT2D eigenvalue weighted by Gasteiger charge is -2.29. The van der Waals surface area contributed by atoms with Crippen LogP contribution in [0.1, 0.15) is 79.8 Å². The Labute approximate surface area is 227 Å². The molecule has 1 fully saturated rings. The highest BCUT2D eigenvalue weighted by Gasteiger charge is 2.22. The fourth-order valence-corrected chi connectivity index (χ4v) is 5.48. The fraction of sp³-hybridized carbons (Fsp3) is 0.548. The molecule has 0 atom stereocenters. The van der Waals surface area contributed by atoms with Crippen LogP contribution in [0.15, 0.2) is 42.5 Å². The average molecular weight is 522 g/mol. The van der Waals surface area contributed by atoms with Crippen LogP contribution in [-0.2, 0) is 17.9 Å². The summed E-state index contributed by atoms with van der Waals surface area (Å²) in [5.41, 5.74) is 3.08. The molecule has 38 heavy (non-hydrogen) atoms. The van der Waals surface area contributed by atoms with E-state index in [1.165, 1.54) is 19.3 Å². The molecule has 0 radical (unpaired) electrons. The second-order valence-corrected chi connectivity index (χ2v) is 10.6. The minimum absolute atomic E-state index is 0.0225. The third-order valence-corrected chi connectivity index (χ3v) is 7.67. The minimum atomic E-state index is -0.0910. The normalized spacial score (nSPS) is 17.7. The molecule has 0 aliphatic carbocycles. The molecule has 0 saturated carbocycles. The third kappa shape index (κ3) is 7.81. The van der Waals surface area contributed by atoms with Crippen molar-refractivity contribution < 1.29 is 19.4 Å². The number of likely N-dealkylation sites (tertiary alicyclic amines) is 1. The van der Waals surface area contributed by atoms with Gasteiger partial charge in [0.1, 0.15) is 12.4 Å². The number of carbonyl (C=O) groups is 2. The summed E-state index contributed by atoms with van der Waals surface area (Å²) >= 11 is 0. The first kappa shape index (κ1) is 28.1. The Bertz CT molecular complexity index is 1070. The Morgan fingerprint density at radius 3 is 2.34 bits per heavy atom. The number of hydrogen-bond donors (Lipinski definition) is 1. The predicted molar refractivity (Wildman–Crippen MR) is 150 cm³/mol. The molecule has 2 aliphatic heterocycles. The highest BCUT2D eigenvalue weighted by atomic mass is 16.5. The van der Waals surface area contributed by atoms with Gasteiger partial charge in [-0.3, -0.25) is 14.5 Å². The van der Waals surface area contributed by atoms with Crippen molar-refractivity contribution in [3.63, 3.8) is 0 Å². The van der Waals surface area contributed by atoms with Crippen LogP contribution < -0.4 is 9.64 Å². The van der Waals surface area contributed by atoms with Gasteiger partial charge in [-0.1, -0.05) is 43.9 Å². The average Bonchev–Trinajstić information content (AvgIpc) is 2.93. The molecule has 2 aliphatic rings. The fourth-order valence-electron chi connectivity index (χ4n) is 5.48. The molecular formula is C31H43N3O4. The highest BCUT2D eigenvalue weighted by Crippen LogP contribution is 2.27. The van der Waals surface area contributed by atoms with Gasteiger partial charge in [0.2, 0.25) is 5.91 Å². The van der Waals surface area contributed by atoms with Crippen LogP contribution in [0.3, 0.4) is 0 Å². The molecule has 206 valence electrons. The zero-order valence-electron chi connectivity index (χ0n) is 22.9. The summed E-state index contributed by atoms with van der Waals surface area (Å²) in [6.45, 7) is 6.99. The number of aliphatic hydroxyl groups is 1. The SMILES string of the molecule is CC(=O)N1CCCCCCCN(C(=O)c2cccc(OCCN3CCCCC3)c2)Cc2ccc(CO)cc21. The monoisotopic (exact) mass is 521 g/mol. The molecule has 7 heteroatoms. The number of aliphatic hydroxyl groups excluding tert-OH is 1. The first-order chi connectivity index (χ1) is 18.5. The molecule has 0 aromatic heterocycles. The van der Waals surface area contributed by atoms with E-state index >= 15 is 0 Å². The number of hydrogen-bond acceptors (Lipinski definition) is 5. The molecule has 1 N–H and O–H groups in total. The third-order valence-electron chi connectivity index (χ3n) is 7.67. The summed E-state index contributed by atoms with van der Waals surface area (Å²) in [4.78, 5) is 32.5. The van der Waals surface area contributed by atoms with Crippen molar-refractivity contribution >= 4 is 17.5 Å². The Hall–Kier alpha value is -2.90. The molecule has 2 amide bonds. The number of amides is 2. The molecule has 2 heterocycles. The van der Waals surface area contributed by atoms with Crippen LogP contribution in [-0.4, -0.2) is 66.1 Å². The van der Waals surface area contributed by atoms with Crippen molar-refractivity contribution in [2.45, 2.75) is 71.4 Å². The van der Waals surface area contributed by atoms with E-state index in [1.54, 1.807) is 11.8 Å². The first-order valence-electron chi connectivity index (χ1n) is 14.3. The maximum Gasteiger partial charge on any atom is 0.254 e. The number of ether oxygens (including phenoxy) is 1. The standard InChI is InChI=1S/C31H43N3O4/c1-25(36)34-18-9-4-2-3-8-17-33(23-28-14-13-26(24-35)21-30(28)34)31(37)27-11-10-12-29(22-27)38-20-19-32-15-6-5-7-16-32/h10-14,21-22,35H,2-9,15-20,23-24H2,1H3. The number of nitrogens with zero attached hydrogens (tertiary/aromatic N) is 3. The lowest BCUT2D eigenvalue weighted by molar-refractivity contribution is -0.116. The van der Waals surface area contributed by atoms with E-state index in [-0.39, 0.29) is 18.4 Å². The summed E-state index contributed by atoms with van der Waals surface area (Å²) in [5, 5.41) is 9.74. The second kappa shape index (κ2) is 14.3. The van der Waals surface area contributed by atoms with Crippen LogP contribution in [0.4, 0.5) is 5.69 Å². The Balaban J connectivity index is 1.52. The highest BCUT2D eigenvalue weighted by molar-refractivity contribution is 5.95. The van der Waals surface area contributed by atoms with Crippen molar-refractivity contribution in [1.82, 2.24) is 9.80 Å². The first-order valence-corrected chi connectivity index (χ1v) is 14.3. The van der Waals surface area contributed by atoms with Crippen LogP contribution in [0, 0.1) is 0 Å². The van der Waals surface area contributed by atoms with E-state index in [0.29, 0.717) is 31.8 Å². The van der Waals surface area contributed by atoms with E-state index in [1.807, 2.05) is 47.4 Å². The van der Waals surface area contributed by atoms with E-state index < -0.39 is 0 Å². The van der Waals surface area contributed by atoms with E-state index in [9.17, 15) is 14.7 Å². The number of piperidine rings is 1. The number of fused-ring (bicyclic) bond motifs is 1. The van der Waals surface area contributed by atoms with Crippen molar-refractivity contribution in [1.29, 1.82) is 0 Å². The van der Waals surface area contributed by atoms with Gasteiger partial charge >= 0.3 is 0 Å². The molecule has 4 rings (SSSR count). The largest absolute Gasteiger partial charge is 0.492 e. The second-order valence-electron chi connectivity index (χ2n) is 10.6. The molecule has 0 spiro atoms. The lowest BCUT2D eigenvalue weighted by Crippen LogP contribution is -2.35. The zero-order chi connectivity index (χ0) is 26.7. The van der Waals surface area contributed by atoms with Gasteiger partial charge in [0.05, 0.1) is 6.61 Å². The van der Waals surface area contributed by atoms with Crippen molar-refractivity contribution in [2.24, 2.45) is 0 Å². The summed E-state index contributed by atoms with van der Waals surface area (Å²) < 4.78 is 6.04. The van der Waals surface area contributed by atoms with Gasteiger partial charge in [-0.25, -0.2) is 0 Å². The van der Waals surface area contributed by atoms with Gasteiger partial charge in [-0.2, -0.15) is 0 Å². The summed E-state index contributed by atoms with van der Waals surface area (Å²) in [6, 6.07) is 13.2. The quantitative estimate of drug-likeness (QED) is 0.579. The van der Waals surface area contributed by atoms with Crippen molar-refractivity contribution in [2.75, 3.05) is 44.2 Å². The molecule has 0 bridgehead atoms. The van der Waals surface area contributed by atoms with Gasteiger partial charge in [0.15, 0.2) is 0 Å². The van der Waals surface area contributed by atoms with Crippen LogP contribution >= 0.6 is 0 Å². The smallest absolute Gasteiger partial charge is 0.254 e. The van der Waals surface area contributed by atoms with Gasteiger partial charge in [0.25, 0.3) is 5.91 Å². The molecule has 7 nitrogen and oxygen atoms in total. The summed E-state index contributed by atoms with van der Waals surface area (Å²) in [7, 11) is 0. The van der Waals surface area contributed by atoms with Crippen LogP contribution in [0.5, 0.6) is 5.75 Å². The maximum atomic E-state index is 13.8. The molecule has 0 unspecified atom stereocenters. The summed E-state index contributed by atoms with van der Waals surface area (Å²) in [5.74, 6) is 0.665. The number of carbonyl (C=O) groups excluding carboxylic acids is 2. The van der Waals surface area contributed by atoms with Gasteiger partial charge in [0, 0.05) is 44.4 Å². The molecule has 2 aromatic rings. The predicted octanol–water partition coefficient (Wildman–Crippen LogP) is 5.00. The van der Waals surface area contributed by atoms with Crippen LogP contribution in [0.2, 0.25) is 0 Å². The molecule has 1 saturated heterocycles. The molecular weight excluding hydrogens is 478 g/mol. The van der Waals surface area contributed by atoms with Gasteiger partial charge in [-0.05, 0) is 74.2 Å². The van der Waals surface area contributed by atoms with Crippen LogP contribution in [0.25, 0.3) is 0 Å². The van der Waals surface area contributed by atoms with Crippen molar-refractivity contribution in [3.05, 3.63) is 59.2 Å². The van der Waals surface area contributed by atoms with E-state index in [0.717, 1.165) is 74.3 Å². The van der Waals surface area contributed by atoms with E-state index in [4.69, 9.17) is 4.74 Å². The van der Waals surface area contributed by atoms with Gasteiger partial charge in [-0.15, -0.1) is 0 Å². The maximum absolute atomic E-state index is 13.8. The zero-order valence-corrected chi connectivity index (χ0v) is 22.9. The Morgan fingerprint density at radius 1 is 0.868 bits per heavy atom. The number of benzene rings is 2. The minimum Gasteiger partial charge on any atom is -0.492 e. The Morgan fingerprint density at radius 2 is 1.58 bits per heavy atom. The molecule has 2 aromatic carbocycles. The van der Waals surface area contributed by atoms with Gasteiger partial charge < -0.3 is 19.6 Å². The number of anilines is 1. The lowest BCUT2D eigenvalue weighted by atomic mass is 10.0. The number of rotatable bonds is 6. The van der Waals surface area contributed by atoms with Crippen molar-refractivity contribution in [3.8, 4) is 5.75 Å². The topological polar surface area (TPSA) is 73.3 Å².